The minimum atomic E-state index is -1.04. The number of nitrogens with two attached hydrogens (primary N) is 1. The van der Waals surface area contributed by atoms with Gasteiger partial charge in [-0.15, -0.1) is 0 Å². The van der Waals surface area contributed by atoms with Crippen molar-refractivity contribution in [3.05, 3.63) is 35.4 Å². The van der Waals surface area contributed by atoms with Crippen LogP contribution in [0.3, 0.4) is 0 Å². The first-order valence-corrected chi connectivity index (χ1v) is 9.19. The van der Waals surface area contributed by atoms with E-state index < -0.39 is 17.7 Å². The number of nitrogens with zero attached hydrogens (tertiary/aromatic N) is 2. The Hall–Kier alpha value is -2.51. The molecule has 2 heterocycles. The zero-order valence-electron chi connectivity index (χ0n) is 15.0. The summed E-state index contributed by atoms with van der Waals surface area (Å²) in [4.78, 5) is 39.8. The highest BCUT2D eigenvalue weighted by Crippen LogP contribution is 2.26. The normalized spacial score (nSPS) is 21.2. The number of halogens is 2. The third-order valence-corrected chi connectivity index (χ3v) is 5.46. The monoisotopic (exact) mass is 379 g/mol. The molecule has 2 N–H and O–H groups in total. The summed E-state index contributed by atoms with van der Waals surface area (Å²) in [6.45, 7) is 1.78. The maximum absolute atomic E-state index is 13.4. The molecule has 3 amide bonds. The van der Waals surface area contributed by atoms with E-state index in [0.29, 0.717) is 39.0 Å². The molecule has 3 rings (SSSR count). The van der Waals surface area contributed by atoms with Gasteiger partial charge in [0.05, 0.1) is 5.92 Å². The summed E-state index contributed by atoms with van der Waals surface area (Å²) in [5.74, 6) is -2.83. The fraction of sp³-hybridized carbons (Fsp3) is 0.526. The molecular weight excluding hydrogens is 356 g/mol. The van der Waals surface area contributed by atoms with E-state index in [1.165, 1.54) is 11.0 Å². The van der Waals surface area contributed by atoms with Gasteiger partial charge in [0.25, 0.3) is 0 Å². The second-order valence-corrected chi connectivity index (χ2v) is 7.22. The third-order valence-electron chi connectivity index (χ3n) is 5.46. The quantitative estimate of drug-likeness (QED) is 0.817. The van der Waals surface area contributed by atoms with Crippen molar-refractivity contribution in [2.24, 2.45) is 17.6 Å². The predicted molar refractivity (Wildman–Crippen MR) is 93.9 cm³/mol. The number of amides is 3. The highest BCUT2D eigenvalue weighted by molar-refractivity contribution is 5.98. The zero-order chi connectivity index (χ0) is 19.6. The summed E-state index contributed by atoms with van der Waals surface area (Å²) in [5, 5.41) is 0. The zero-order valence-corrected chi connectivity index (χ0v) is 15.0. The molecule has 1 atom stereocenters. The van der Waals surface area contributed by atoms with Gasteiger partial charge in [0.1, 0.15) is 0 Å². The van der Waals surface area contributed by atoms with E-state index in [2.05, 4.69) is 0 Å². The summed E-state index contributed by atoms with van der Waals surface area (Å²) >= 11 is 0. The molecule has 0 aromatic heterocycles. The number of hydrogen-bond acceptors (Lipinski definition) is 3. The molecular formula is C19H23F2N3O3. The second kappa shape index (κ2) is 8.02. The summed E-state index contributed by atoms with van der Waals surface area (Å²) in [6, 6.07) is 2.66. The maximum Gasteiger partial charge on any atom is 0.314 e. The number of piperidine rings is 2. The Balaban J connectivity index is 1.56. The van der Waals surface area contributed by atoms with Crippen molar-refractivity contribution in [2.75, 3.05) is 26.2 Å². The fourth-order valence-electron chi connectivity index (χ4n) is 3.88. The number of primary amides is 1. The minimum absolute atomic E-state index is 0.0142. The van der Waals surface area contributed by atoms with Crippen LogP contribution in [0.1, 0.15) is 36.0 Å². The van der Waals surface area contributed by atoms with Crippen molar-refractivity contribution in [3.63, 3.8) is 0 Å². The summed E-state index contributed by atoms with van der Waals surface area (Å²) in [6.07, 6.45) is 2.42. The van der Waals surface area contributed by atoms with E-state index in [4.69, 9.17) is 5.73 Å². The van der Waals surface area contributed by atoms with Crippen LogP contribution in [0.5, 0.6) is 0 Å². The van der Waals surface area contributed by atoms with Gasteiger partial charge in [0.2, 0.25) is 5.91 Å². The number of rotatable bonds is 3. The Labute approximate surface area is 156 Å². The van der Waals surface area contributed by atoms with Crippen molar-refractivity contribution in [2.45, 2.75) is 25.7 Å². The largest absolute Gasteiger partial charge is 0.351 e. The van der Waals surface area contributed by atoms with Crippen LogP contribution in [-0.4, -0.2) is 53.7 Å². The molecule has 2 aliphatic heterocycles. The molecule has 27 heavy (non-hydrogen) atoms. The second-order valence-electron chi connectivity index (χ2n) is 7.22. The van der Waals surface area contributed by atoms with Crippen LogP contribution in [0, 0.1) is 23.5 Å². The number of likely N-dealkylation sites (tertiary alicyclic amines) is 2. The molecule has 0 saturated carbocycles. The Kier molecular flexibility index (Phi) is 5.72. The molecule has 0 radical (unpaired) electrons. The average molecular weight is 379 g/mol. The van der Waals surface area contributed by atoms with Crippen molar-refractivity contribution in [1.82, 2.24) is 9.80 Å². The van der Waals surface area contributed by atoms with Gasteiger partial charge in [-0.2, -0.15) is 0 Å². The topological polar surface area (TPSA) is 83.7 Å². The standard InChI is InChI=1S/C19H23F2N3O3/c20-15-4-3-13(10-16(15)21)17(25)12-5-8-23(9-6-12)18(26)14-2-1-7-24(11-14)19(22)27/h3-4,10,12,14H,1-2,5-9,11H2,(H2,22,27). The first kappa shape index (κ1) is 19.3. The first-order chi connectivity index (χ1) is 12.9. The van der Waals surface area contributed by atoms with Crippen molar-refractivity contribution in [3.8, 4) is 0 Å². The van der Waals surface area contributed by atoms with Gasteiger partial charge in [-0.1, -0.05) is 0 Å². The lowest BCUT2D eigenvalue weighted by atomic mass is 9.87. The molecule has 8 heteroatoms. The molecule has 6 nitrogen and oxygen atoms in total. The molecule has 0 aliphatic carbocycles. The first-order valence-electron chi connectivity index (χ1n) is 9.19. The molecule has 1 aromatic carbocycles. The van der Waals surface area contributed by atoms with E-state index in [-0.39, 0.29) is 29.1 Å². The van der Waals surface area contributed by atoms with E-state index in [0.717, 1.165) is 25.0 Å². The van der Waals surface area contributed by atoms with Crippen molar-refractivity contribution in [1.29, 1.82) is 0 Å². The Morgan fingerprint density at radius 1 is 0.926 bits per heavy atom. The van der Waals surface area contributed by atoms with E-state index >= 15 is 0 Å². The molecule has 1 unspecified atom stereocenters. The summed E-state index contributed by atoms with van der Waals surface area (Å²) < 4.78 is 26.4. The number of Topliss-reactive ketones (excluding diaryl/α,β-unsaturated/α-hetero) is 1. The van der Waals surface area contributed by atoms with Crippen LogP contribution in [0.25, 0.3) is 0 Å². The highest BCUT2D eigenvalue weighted by Gasteiger charge is 2.34. The van der Waals surface area contributed by atoms with Crippen LogP contribution in [0.4, 0.5) is 13.6 Å². The lowest BCUT2D eigenvalue weighted by Gasteiger charge is -2.37. The molecule has 2 fully saturated rings. The average Bonchev–Trinajstić information content (AvgIpc) is 2.69. The van der Waals surface area contributed by atoms with Gasteiger partial charge in [-0.3, -0.25) is 9.59 Å². The Morgan fingerprint density at radius 3 is 2.26 bits per heavy atom. The summed E-state index contributed by atoms with van der Waals surface area (Å²) in [7, 11) is 0. The van der Waals surface area contributed by atoms with Crippen LogP contribution < -0.4 is 5.73 Å². The molecule has 146 valence electrons. The molecule has 1 aromatic rings. The number of hydrogen-bond donors (Lipinski definition) is 1. The van der Waals surface area contributed by atoms with Gasteiger partial charge in [-0.05, 0) is 43.9 Å². The number of carbonyl (C=O) groups is 3. The third kappa shape index (κ3) is 4.26. The summed E-state index contributed by atoms with van der Waals surface area (Å²) in [5.41, 5.74) is 5.46. The van der Waals surface area contributed by atoms with Crippen molar-refractivity contribution < 1.29 is 23.2 Å². The fourth-order valence-corrected chi connectivity index (χ4v) is 3.88. The lowest BCUT2D eigenvalue weighted by molar-refractivity contribution is -0.138. The number of carbonyl (C=O) groups excluding carboxylic acids is 3. The van der Waals surface area contributed by atoms with Gasteiger partial charge >= 0.3 is 6.03 Å². The maximum atomic E-state index is 13.4. The minimum Gasteiger partial charge on any atom is -0.351 e. The molecule has 0 spiro atoms. The van der Waals surface area contributed by atoms with Gasteiger partial charge in [0, 0.05) is 37.7 Å². The van der Waals surface area contributed by atoms with Crippen LogP contribution >= 0.6 is 0 Å². The molecule has 2 saturated heterocycles. The van der Waals surface area contributed by atoms with Gasteiger partial charge in [0.15, 0.2) is 17.4 Å². The van der Waals surface area contributed by atoms with Crippen molar-refractivity contribution >= 4 is 17.7 Å². The van der Waals surface area contributed by atoms with E-state index in [1.54, 1.807) is 4.90 Å². The Bertz CT molecular complexity index is 748. The number of benzene rings is 1. The van der Waals surface area contributed by atoms with Crippen LogP contribution in [0.2, 0.25) is 0 Å². The SMILES string of the molecule is NC(=O)N1CCCC(C(=O)N2CCC(C(=O)c3ccc(F)c(F)c3)CC2)C1. The predicted octanol–water partition coefficient (Wildman–Crippen LogP) is 2.18. The smallest absolute Gasteiger partial charge is 0.314 e. The highest BCUT2D eigenvalue weighted by atomic mass is 19.2. The van der Waals surface area contributed by atoms with Crippen LogP contribution in [-0.2, 0) is 4.79 Å². The van der Waals surface area contributed by atoms with E-state index in [1.807, 2.05) is 0 Å². The number of ketones is 1. The van der Waals surface area contributed by atoms with E-state index in [9.17, 15) is 23.2 Å². The number of urea groups is 1. The van der Waals surface area contributed by atoms with Gasteiger partial charge in [-0.25, -0.2) is 13.6 Å². The Morgan fingerprint density at radius 2 is 1.63 bits per heavy atom. The van der Waals surface area contributed by atoms with Crippen LogP contribution in [0.15, 0.2) is 18.2 Å². The molecule has 0 bridgehead atoms. The molecule has 2 aliphatic rings. The lowest BCUT2D eigenvalue weighted by Crippen LogP contribution is -2.50. The van der Waals surface area contributed by atoms with Gasteiger partial charge < -0.3 is 15.5 Å².